The maximum Gasteiger partial charge on any atom is 0.244 e. The Morgan fingerprint density at radius 2 is 1.59 bits per heavy atom. The highest BCUT2D eigenvalue weighted by Crippen LogP contribution is 2.28. The zero-order valence-corrected chi connectivity index (χ0v) is 24.6. The molecule has 0 heterocycles. The van der Waals surface area contributed by atoms with Gasteiger partial charge in [-0.25, -0.2) is 12.8 Å². The molecule has 218 valence electrons. The monoisotopic (exact) mass is 599 g/mol. The first kappa shape index (κ1) is 30.5. The highest BCUT2D eigenvalue weighted by Gasteiger charge is 2.34. The van der Waals surface area contributed by atoms with E-state index in [1.54, 1.807) is 30.3 Å². The second kappa shape index (κ2) is 14.0. The molecule has 1 aliphatic rings. The van der Waals surface area contributed by atoms with E-state index < -0.39 is 34.3 Å². The normalized spacial score (nSPS) is 14.7. The van der Waals surface area contributed by atoms with Gasteiger partial charge in [-0.1, -0.05) is 91.5 Å². The number of nitrogens with one attached hydrogen (secondary N) is 1. The Bertz CT molecular complexity index is 1450. The molecular formula is C31H35ClFN3O4S. The van der Waals surface area contributed by atoms with Crippen LogP contribution >= 0.6 is 11.6 Å². The Morgan fingerprint density at radius 1 is 0.951 bits per heavy atom. The Morgan fingerprint density at radius 3 is 2.24 bits per heavy atom. The number of carbonyl (C=O) groups excluding carboxylic acids is 2. The number of hydrogen-bond donors (Lipinski definition) is 1. The summed E-state index contributed by atoms with van der Waals surface area (Å²) in [7, 11) is -3.95. The van der Waals surface area contributed by atoms with Crippen LogP contribution in [0.4, 0.5) is 10.1 Å². The first-order valence-corrected chi connectivity index (χ1v) is 16.0. The van der Waals surface area contributed by atoms with Gasteiger partial charge in [0, 0.05) is 24.6 Å². The minimum Gasteiger partial charge on any atom is -0.352 e. The summed E-state index contributed by atoms with van der Waals surface area (Å²) < 4.78 is 41.5. The van der Waals surface area contributed by atoms with E-state index in [2.05, 4.69) is 5.32 Å². The minimum absolute atomic E-state index is 0.0180. The van der Waals surface area contributed by atoms with Gasteiger partial charge in [-0.05, 0) is 36.6 Å². The molecule has 41 heavy (non-hydrogen) atoms. The molecule has 1 N–H and O–H groups in total. The highest BCUT2D eigenvalue weighted by molar-refractivity contribution is 7.92. The number of carbonyl (C=O) groups is 2. The second-order valence-corrected chi connectivity index (χ2v) is 12.7. The molecule has 0 aliphatic heterocycles. The number of sulfonamides is 1. The summed E-state index contributed by atoms with van der Waals surface area (Å²) in [5.41, 5.74) is 1.17. The molecule has 1 saturated carbocycles. The third-order valence-corrected chi connectivity index (χ3v) is 8.77. The number of anilines is 1. The topological polar surface area (TPSA) is 86.8 Å². The Balaban J connectivity index is 1.74. The van der Waals surface area contributed by atoms with Crippen LogP contribution < -0.4 is 9.62 Å². The van der Waals surface area contributed by atoms with Crippen LogP contribution in [0.5, 0.6) is 0 Å². The van der Waals surface area contributed by atoms with Crippen LogP contribution in [-0.4, -0.2) is 50.0 Å². The molecule has 3 aromatic rings. The molecule has 0 radical (unpaired) electrons. The number of halogens is 2. The van der Waals surface area contributed by atoms with Crippen molar-refractivity contribution in [2.24, 2.45) is 0 Å². The maximum atomic E-state index is 14.9. The van der Waals surface area contributed by atoms with Crippen molar-refractivity contribution in [2.45, 2.75) is 57.2 Å². The van der Waals surface area contributed by atoms with Crippen molar-refractivity contribution in [1.29, 1.82) is 0 Å². The summed E-state index contributed by atoms with van der Waals surface area (Å²) in [4.78, 5) is 29.3. The van der Waals surface area contributed by atoms with E-state index in [1.807, 2.05) is 30.3 Å². The third-order valence-electron chi connectivity index (χ3n) is 7.32. The number of para-hydroxylation sites is 1. The number of benzene rings is 3. The predicted molar refractivity (Wildman–Crippen MR) is 160 cm³/mol. The van der Waals surface area contributed by atoms with E-state index in [0.717, 1.165) is 48.2 Å². The van der Waals surface area contributed by atoms with E-state index in [-0.39, 0.29) is 41.2 Å². The van der Waals surface area contributed by atoms with Crippen molar-refractivity contribution in [3.05, 3.63) is 101 Å². The smallest absolute Gasteiger partial charge is 0.244 e. The summed E-state index contributed by atoms with van der Waals surface area (Å²) in [5, 5.41) is 3.27. The van der Waals surface area contributed by atoms with Gasteiger partial charge in [-0.2, -0.15) is 0 Å². The van der Waals surface area contributed by atoms with Gasteiger partial charge in [0.05, 0.1) is 17.0 Å². The number of rotatable bonds is 11. The molecule has 2 amide bonds. The van der Waals surface area contributed by atoms with E-state index in [0.29, 0.717) is 0 Å². The van der Waals surface area contributed by atoms with Gasteiger partial charge in [0.15, 0.2) is 0 Å². The van der Waals surface area contributed by atoms with Gasteiger partial charge in [0.2, 0.25) is 21.8 Å². The first-order valence-electron chi connectivity index (χ1n) is 13.7. The molecule has 0 aromatic heterocycles. The SMILES string of the molecule is CS(=O)(=O)N(CC(=O)N(Cc1ccccc1F)C(Cc1ccccc1)C(=O)NC1CCCCC1)c1ccccc1Cl. The molecule has 3 aromatic carbocycles. The Hall–Kier alpha value is -3.43. The van der Waals surface area contributed by atoms with Crippen LogP contribution in [0, 0.1) is 5.82 Å². The number of nitrogens with zero attached hydrogens (tertiary/aromatic N) is 2. The van der Waals surface area contributed by atoms with Crippen LogP contribution in [0.15, 0.2) is 78.9 Å². The average Bonchev–Trinajstić information content (AvgIpc) is 2.95. The zero-order valence-electron chi connectivity index (χ0n) is 23.0. The Labute approximate surface area is 246 Å². The van der Waals surface area contributed by atoms with E-state index in [1.165, 1.54) is 23.1 Å². The maximum absolute atomic E-state index is 14.9. The summed E-state index contributed by atoms with van der Waals surface area (Å²) in [6.07, 6.45) is 5.98. The largest absolute Gasteiger partial charge is 0.352 e. The van der Waals surface area contributed by atoms with Gasteiger partial charge >= 0.3 is 0 Å². The van der Waals surface area contributed by atoms with Crippen LogP contribution in [-0.2, 0) is 32.6 Å². The Kier molecular flexibility index (Phi) is 10.4. The molecule has 0 saturated heterocycles. The van der Waals surface area contributed by atoms with Gasteiger partial charge < -0.3 is 10.2 Å². The van der Waals surface area contributed by atoms with E-state index in [4.69, 9.17) is 11.6 Å². The van der Waals surface area contributed by atoms with Gasteiger partial charge in [0.1, 0.15) is 18.4 Å². The van der Waals surface area contributed by atoms with Crippen molar-refractivity contribution in [2.75, 3.05) is 17.1 Å². The molecular weight excluding hydrogens is 565 g/mol. The summed E-state index contributed by atoms with van der Waals surface area (Å²) in [5.74, 6) is -1.53. The van der Waals surface area contributed by atoms with Crippen molar-refractivity contribution in [1.82, 2.24) is 10.2 Å². The quantitative estimate of drug-likeness (QED) is 0.323. The van der Waals surface area contributed by atoms with E-state index >= 15 is 0 Å². The number of hydrogen-bond acceptors (Lipinski definition) is 4. The fraction of sp³-hybridized carbons (Fsp3) is 0.355. The van der Waals surface area contributed by atoms with Crippen LogP contribution in [0.1, 0.15) is 43.2 Å². The van der Waals surface area contributed by atoms with Crippen LogP contribution in [0.2, 0.25) is 5.02 Å². The molecule has 1 unspecified atom stereocenters. The second-order valence-electron chi connectivity index (χ2n) is 10.4. The average molecular weight is 600 g/mol. The fourth-order valence-corrected chi connectivity index (χ4v) is 6.31. The summed E-state index contributed by atoms with van der Waals surface area (Å²) in [6.45, 7) is -0.833. The van der Waals surface area contributed by atoms with Gasteiger partial charge in [-0.15, -0.1) is 0 Å². The molecule has 1 aliphatic carbocycles. The van der Waals surface area contributed by atoms with Crippen molar-refractivity contribution in [3.8, 4) is 0 Å². The van der Waals surface area contributed by atoms with Crippen molar-refractivity contribution in [3.63, 3.8) is 0 Å². The first-order chi connectivity index (χ1) is 19.6. The molecule has 4 rings (SSSR count). The molecule has 10 heteroatoms. The summed E-state index contributed by atoms with van der Waals surface area (Å²) in [6, 6.07) is 20.6. The molecule has 7 nitrogen and oxygen atoms in total. The van der Waals surface area contributed by atoms with Crippen molar-refractivity contribution < 1.29 is 22.4 Å². The molecule has 1 fully saturated rings. The third kappa shape index (κ3) is 8.30. The molecule has 0 bridgehead atoms. The lowest BCUT2D eigenvalue weighted by Gasteiger charge is -2.35. The summed E-state index contributed by atoms with van der Waals surface area (Å²) >= 11 is 6.32. The molecule has 0 spiro atoms. The zero-order chi connectivity index (χ0) is 29.4. The minimum atomic E-state index is -3.95. The lowest BCUT2D eigenvalue weighted by Crippen LogP contribution is -2.55. The lowest BCUT2D eigenvalue weighted by molar-refractivity contribution is -0.140. The standard InChI is InChI=1S/C31H35ClFN3O4S/c1-41(39,40)36(28-19-11-9-17-26(28)32)22-30(37)35(21-24-14-8-10-18-27(24)33)29(20-23-12-4-2-5-13-23)31(38)34-25-15-6-3-7-16-25/h2,4-5,8-14,17-19,25,29H,3,6-7,15-16,20-22H2,1H3,(H,34,38). The molecule has 1 atom stereocenters. The van der Waals surface area contributed by atoms with Crippen molar-refractivity contribution >= 4 is 39.1 Å². The van der Waals surface area contributed by atoms with Crippen LogP contribution in [0.3, 0.4) is 0 Å². The van der Waals surface area contributed by atoms with Gasteiger partial charge in [-0.3, -0.25) is 13.9 Å². The van der Waals surface area contributed by atoms with E-state index in [9.17, 15) is 22.4 Å². The lowest BCUT2D eigenvalue weighted by atomic mass is 9.94. The van der Waals surface area contributed by atoms with Gasteiger partial charge in [0.25, 0.3) is 0 Å². The van der Waals surface area contributed by atoms with Crippen LogP contribution in [0.25, 0.3) is 0 Å². The number of amides is 2. The fourth-order valence-electron chi connectivity index (χ4n) is 5.16. The highest BCUT2D eigenvalue weighted by atomic mass is 35.5. The predicted octanol–water partition coefficient (Wildman–Crippen LogP) is 5.33.